The molecule has 1 aromatic rings. The maximum absolute atomic E-state index is 8.75. The Bertz CT molecular complexity index is 462. The highest BCUT2D eigenvalue weighted by Gasteiger charge is 1.98. The third-order valence-corrected chi connectivity index (χ3v) is 1.98. The topological polar surface area (TPSA) is 41.8 Å². The number of nitrogens with zero attached hydrogens (tertiary/aromatic N) is 1. The Labute approximate surface area is 81.7 Å². The number of ether oxygens (including phenoxy) is 1. The predicted octanol–water partition coefficient (Wildman–Crippen LogP) is 0.298. The van der Waals surface area contributed by atoms with E-state index in [-0.39, 0.29) is 6.61 Å². The minimum absolute atomic E-state index is 0.0749. The van der Waals surface area contributed by atoms with Crippen LogP contribution < -0.4 is 10.6 Å². The van der Waals surface area contributed by atoms with E-state index in [0.29, 0.717) is 12.2 Å². The van der Waals surface area contributed by atoms with Gasteiger partial charge in [0.2, 0.25) is 0 Å². The first-order valence-electron chi connectivity index (χ1n) is 4.50. The van der Waals surface area contributed by atoms with Crippen molar-refractivity contribution in [1.29, 1.82) is 0 Å². The van der Waals surface area contributed by atoms with Crippen LogP contribution in [0.5, 0.6) is 0 Å². The van der Waals surface area contributed by atoms with Gasteiger partial charge in [0.15, 0.2) is 0 Å². The number of rotatable bonds is 2. The molecule has 1 aliphatic rings. The van der Waals surface area contributed by atoms with Crippen molar-refractivity contribution < 1.29 is 9.84 Å². The molecule has 0 spiro atoms. The SMILES string of the molecule is OCCC1=CN=c2ccccc2=CO1. The normalized spacial score (nSPS) is 13.9. The van der Waals surface area contributed by atoms with Gasteiger partial charge in [-0.05, 0) is 12.1 Å². The molecule has 3 nitrogen and oxygen atoms in total. The molecule has 0 atom stereocenters. The lowest BCUT2D eigenvalue weighted by Gasteiger charge is -2.00. The first kappa shape index (κ1) is 8.97. The van der Waals surface area contributed by atoms with Crippen molar-refractivity contribution in [3.05, 3.63) is 46.8 Å². The fraction of sp³-hybridized carbons (Fsp3) is 0.182. The average molecular weight is 189 g/mol. The molecule has 0 unspecified atom stereocenters. The van der Waals surface area contributed by atoms with Gasteiger partial charge in [0.05, 0.1) is 24.4 Å². The minimum Gasteiger partial charge on any atom is -0.467 e. The summed E-state index contributed by atoms with van der Waals surface area (Å²) in [4.78, 5) is 4.26. The lowest BCUT2D eigenvalue weighted by molar-refractivity contribution is 0.268. The van der Waals surface area contributed by atoms with Crippen LogP contribution in [0, 0.1) is 0 Å². The number of aliphatic hydroxyl groups excluding tert-OH is 1. The van der Waals surface area contributed by atoms with Gasteiger partial charge >= 0.3 is 0 Å². The van der Waals surface area contributed by atoms with Crippen molar-refractivity contribution >= 4 is 6.26 Å². The van der Waals surface area contributed by atoms with Crippen LogP contribution in [0.15, 0.2) is 41.2 Å². The molecule has 1 aromatic carbocycles. The van der Waals surface area contributed by atoms with Crippen LogP contribution in [-0.2, 0) is 4.74 Å². The molecule has 0 radical (unpaired) electrons. The van der Waals surface area contributed by atoms with E-state index in [0.717, 1.165) is 10.6 Å². The molecule has 0 amide bonds. The van der Waals surface area contributed by atoms with Crippen molar-refractivity contribution in [3.63, 3.8) is 0 Å². The Morgan fingerprint density at radius 2 is 2.14 bits per heavy atom. The molecule has 1 N–H and O–H groups in total. The number of aliphatic hydroxyl groups is 1. The van der Waals surface area contributed by atoms with Gasteiger partial charge in [-0.2, -0.15) is 0 Å². The number of hydrogen-bond donors (Lipinski definition) is 1. The van der Waals surface area contributed by atoms with Gasteiger partial charge in [-0.25, -0.2) is 0 Å². The molecule has 3 heteroatoms. The second-order valence-corrected chi connectivity index (χ2v) is 2.99. The Kier molecular flexibility index (Phi) is 2.60. The fourth-order valence-electron chi connectivity index (χ4n) is 1.25. The summed E-state index contributed by atoms with van der Waals surface area (Å²) in [5.74, 6) is 0.684. The van der Waals surface area contributed by atoms with Crippen LogP contribution in [0.4, 0.5) is 0 Å². The van der Waals surface area contributed by atoms with E-state index in [2.05, 4.69) is 4.99 Å². The van der Waals surface area contributed by atoms with E-state index in [1.807, 2.05) is 24.3 Å². The summed E-state index contributed by atoms with van der Waals surface area (Å²) in [5, 5.41) is 10.6. The summed E-state index contributed by atoms with van der Waals surface area (Å²) in [6.07, 6.45) is 3.81. The number of para-hydroxylation sites is 1. The van der Waals surface area contributed by atoms with Crippen molar-refractivity contribution in [2.24, 2.45) is 4.99 Å². The summed E-state index contributed by atoms with van der Waals surface area (Å²) < 4.78 is 5.35. The van der Waals surface area contributed by atoms with E-state index in [4.69, 9.17) is 9.84 Å². The highest BCUT2D eigenvalue weighted by atomic mass is 16.5. The van der Waals surface area contributed by atoms with Crippen LogP contribution in [0.3, 0.4) is 0 Å². The first-order chi connectivity index (χ1) is 6.90. The van der Waals surface area contributed by atoms with Gasteiger partial charge in [-0.1, -0.05) is 12.1 Å². The van der Waals surface area contributed by atoms with Crippen LogP contribution in [0.2, 0.25) is 0 Å². The zero-order chi connectivity index (χ0) is 9.80. The molecule has 0 aromatic heterocycles. The zero-order valence-corrected chi connectivity index (χ0v) is 7.68. The van der Waals surface area contributed by atoms with Crippen molar-refractivity contribution in [3.8, 4) is 0 Å². The highest BCUT2D eigenvalue weighted by Crippen LogP contribution is 2.04. The van der Waals surface area contributed by atoms with Gasteiger partial charge < -0.3 is 9.84 Å². The van der Waals surface area contributed by atoms with Gasteiger partial charge in [-0.15, -0.1) is 0 Å². The number of fused-ring (bicyclic) bond motifs is 1. The minimum atomic E-state index is 0.0749. The van der Waals surface area contributed by atoms with E-state index >= 15 is 0 Å². The average Bonchev–Trinajstić information content (AvgIpc) is 2.42. The third kappa shape index (κ3) is 1.83. The predicted molar refractivity (Wildman–Crippen MR) is 52.6 cm³/mol. The van der Waals surface area contributed by atoms with Crippen molar-refractivity contribution in [2.75, 3.05) is 6.61 Å². The van der Waals surface area contributed by atoms with E-state index in [1.165, 1.54) is 0 Å². The Hall–Kier alpha value is -1.61. The fourth-order valence-corrected chi connectivity index (χ4v) is 1.25. The molecule has 0 bridgehead atoms. The molecule has 72 valence electrons. The lowest BCUT2D eigenvalue weighted by Crippen LogP contribution is -2.22. The van der Waals surface area contributed by atoms with Gasteiger partial charge in [0.1, 0.15) is 5.76 Å². The Morgan fingerprint density at radius 3 is 3.00 bits per heavy atom. The molecule has 0 saturated carbocycles. The van der Waals surface area contributed by atoms with E-state index in [9.17, 15) is 0 Å². The quantitative estimate of drug-likeness (QED) is 0.727. The van der Waals surface area contributed by atoms with Gasteiger partial charge in [0.25, 0.3) is 0 Å². The monoisotopic (exact) mass is 189 g/mol. The summed E-state index contributed by atoms with van der Waals surface area (Å²) in [7, 11) is 0. The van der Waals surface area contributed by atoms with Gasteiger partial charge in [-0.3, -0.25) is 4.99 Å². The standard InChI is InChI=1S/C11H11NO2/c13-6-5-10-7-12-11-4-2-1-3-9(11)8-14-10/h1-4,7-8,13H,5-6H2. The maximum Gasteiger partial charge on any atom is 0.124 e. The first-order valence-corrected chi connectivity index (χ1v) is 4.50. The van der Waals surface area contributed by atoms with E-state index in [1.54, 1.807) is 12.5 Å². The molecule has 0 saturated heterocycles. The van der Waals surface area contributed by atoms with Crippen LogP contribution >= 0.6 is 0 Å². The molecular formula is C11H11NO2. The summed E-state index contributed by atoms with van der Waals surface area (Å²) in [6.45, 7) is 0.0749. The molecule has 1 heterocycles. The second-order valence-electron chi connectivity index (χ2n) is 2.99. The lowest BCUT2D eigenvalue weighted by atomic mass is 10.3. The van der Waals surface area contributed by atoms with Gasteiger partial charge in [0, 0.05) is 11.6 Å². The summed E-state index contributed by atoms with van der Waals surface area (Å²) in [6, 6.07) is 7.73. The zero-order valence-electron chi connectivity index (χ0n) is 7.68. The largest absolute Gasteiger partial charge is 0.467 e. The molecule has 0 fully saturated rings. The maximum atomic E-state index is 8.75. The molecular weight excluding hydrogens is 178 g/mol. The summed E-state index contributed by atoms with van der Waals surface area (Å²) in [5.41, 5.74) is 0. The van der Waals surface area contributed by atoms with Crippen LogP contribution in [-0.4, -0.2) is 11.7 Å². The smallest absolute Gasteiger partial charge is 0.124 e. The Balaban J connectivity index is 2.42. The molecule has 0 aliphatic carbocycles. The van der Waals surface area contributed by atoms with Crippen LogP contribution in [0.1, 0.15) is 6.42 Å². The highest BCUT2D eigenvalue weighted by molar-refractivity contribution is 5.21. The molecule has 1 aliphatic heterocycles. The van der Waals surface area contributed by atoms with Crippen LogP contribution in [0.25, 0.3) is 6.26 Å². The number of hydrogen-bond acceptors (Lipinski definition) is 3. The van der Waals surface area contributed by atoms with E-state index < -0.39 is 0 Å². The second kappa shape index (κ2) is 4.07. The molecule has 2 rings (SSSR count). The van der Waals surface area contributed by atoms with Crippen molar-refractivity contribution in [1.82, 2.24) is 0 Å². The third-order valence-electron chi connectivity index (χ3n) is 1.98. The van der Waals surface area contributed by atoms with Crippen molar-refractivity contribution in [2.45, 2.75) is 6.42 Å². The Morgan fingerprint density at radius 1 is 1.29 bits per heavy atom. The number of benzene rings is 1. The molecule has 14 heavy (non-hydrogen) atoms. The summed E-state index contributed by atoms with van der Waals surface area (Å²) >= 11 is 0.